The molecule has 12 heteroatoms. The van der Waals surface area contributed by atoms with Crippen molar-refractivity contribution in [2.45, 2.75) is 13.8 Å². The summed E-state index contributed by atoms with van der Waals surface area (Å²) in [6.07, 6.45) is 1.40. The highest BCUT2D eigenvalue weighted by Gasteiger charge is 2.36. The number of amides is 3. The third-order valence-corrected chi connectivity index (χ3v) is 6.80. The van der Waals surface area contributed by atoms with Crippen LogP contribution in [-0.2, 0) is 14.3 Å². The first kappa shape index (κ1) is 27.7. The van der Waals surface area contributed by atoms with E-state index in [9.17, 15) is 24.0 Å². The van der Waals surface area contributed by atoms with Gasteiger partial charge in [-0.15, -0.1) is 0 Å². The molecule has 0 atom stereocenters. The van der Waals surface area contributed by atoms with Crippen LogP contribution in [0.5, 0.6) is 0 Å². The van der Waals surface area contributed by atoms with Crippen molar-refractivity contribution in [3.05, 3.63) is 80.9 Å². The first-order valence-corrected chi connectivity index (χ1v) is 12.7. The number of rotatable bonds is 8. The fraction of sp³-hybridized carbons (Fsp3) is 0.148. The normalized spacial score (nSPS) is 14.1. The summed E-state index contributed by atoms with van der Waals surface area (Å²) in [4.78, 5) is 62.0. The molecule has 0 aliphatic carbocycles. The van der Waals surface area contributed by atoms with E-state index in [4.69, 9.17) is 25.9 Å². The molecule has 1 aromatic heterocycles. The van der Waals surface area contributed by atoms with Crippen molar-refractivity contribution in [3.63, 3.8) is 0 Å². The number of esters is 1. The number of thioether (sulfide) groups is 1. The van der Waals surface area contributed by atoms with Gasteiger partial charge in [0.15, 0.2) is 0 Å². The zero-order valence-corrected chi connectivity index (χ0v) is 22.2. The van der Waals surface area contributed by atoms with E-state index in [2.05, 4.69) is 5.32 Å². The maximum atomic E-state index is 12.9. The Morgan fingerprint density at radius 2 is 1.90 bits per heavy atom. The van der Waals surface area contributed by atoms with Crippen LogP contribution in [0.25, 0.3) is 17.4 Å². The van der Waals surface area contributed by atoms with Crippen molar-refractivity contribution < 1.29 is 38.2 Å². The number of anilines is 1. The van der Waals surface area contributed by atoms with E-state index in [1.807, 2.05) is 0 Å². The van der Waals surface area contributed by atoms with Gasteiger partial charge in [0.2, 0.25) is 5.91 Å². The van der Waals surface area contributed by atoms with E-state index in [1.54, 1.807) is 32.0 Å². The number of hydrogen-bond donors (Lipinski definition) is 2. The summed E-state index contributed by atoms with van der Waals surface area (Å²) in [5, 5.41) is 11.2. The SMILES string of the molecule is CCOC(=O)c1cc(NC(=O)CN2C(=O)S/C(=C\c3ccc(-c4ccc(C(=O)O)cc4C)o3)C2=O)ccc1Cl. The molecule has 0 unspecified atom stereocenters. The molecule has 0 bridgehead atoms. The van der Waals surface area contributed by atoms with Crippen molar-refractivity contribution in [3.8, 4) is 11.3 Å². The van der Waals surface area contributed by atoms with E-state index in [1.165, 1.54) is 36.4 Å². The first-order chi connectivity index (χ1) is 18.6. The minimum atomic E-state index is -1.04. The highest BCUT2D eigenvalue weighted by atomic mass is 35.5. The molecule has 1 aliphatic heterocycles. The Hall–Kier alpha value is -4.35. The molecule has 1 aliphatic rings. The topological polar surface area (TPSA) is 143 Å². The average Bonchev–Trinajstić information content (AvgIpc) is 3.45. The molecule has 2 heterocycles. The highest BCUT2D eigenvalue weighted by Crippen LogP contribution is 2.34. The molecular formula is C27H21ClN2O8S. The number of aryl methyl sites for hydroxylation is 1. The van der Waals surface area contributed by atoms with E-state index < -0.39 is 35.5 Å². The number of carboxylic acids is 1. The lowest BCUT2D eigenvalue weighted by Crippen LogP contribution is -2.36. The fourth-order valence-electron chi connectivity index (χ4n) is 3.73. The van der Waals surface area contributed by atoms with Gasteiger partial charge in [-0.25, -0.2) is 9.59 Å². The molecule has 2 aromatic carbocycles. The van der Waals surface area contributed by atoms with Gasteiger partial charge in [0.1, 0.15) is 18.1 Å². The molecule has 1 saturated heterocycles. The molecule has 200 valence electrons. The third-order valence-electron chi connectivity index (χ3n) is 5.56. The number of furan rings is 1. The molecule has 3 aromatic rings. The number of ether oxygens (including phenoxy) is 1. The number of hydrogen-bond acceptors (Lipinski definition) is 8. The van der Waals surface area contributed by atoms with Gasteiger partial charge in [-0.1, -0.05) is 17.7 Å². The molecule has 0 spiro atoms. The number of aromatic carboxylic acids is 1. The van der Waals surface area contributed by atoms with Crippen LogP contribution < -0.4 is 5.32 Å². The molecule has 3 amide bonds. The highest BCUT2D eigenvalue weighted by molar-refractivity contribution is 8.18. The molecule has 0 radical (unpaired) electrons. The lowest BCUT2D eigenvalue weighted by molar-refractivity contribution is -0.127. The Bertz CT molecular complexity index is 1540. The van der Waals surface area contributed by atoms with Gasteiger partial charge in [0.25, 0.3) is 11.1 Å². The Morgan fingerprint density at radius 3 is 2.59 bits per heavy atom. The van der Waals surface area contributed by atoms with Crippen LogP contribution in [-0.4, -0.2) is 52.2 Å². The molecule has 1 fully saturated rings. The van der Waals surface area contributed by atoms with Crippen molar-refractivity contribution in [1.82, 2.24) is 4.90 Å². The molecule has 0 saturated carbocycles. The molecule has 39 heavy (non-hydrogen) atoms. The Balaban J connectivity index is 1.44. The van der Waals surface area contributed by atoms with Crippen LogP contribution in [0.3, 0.4) is 0 Å². The van der Waals surface area contributed by atoms with Gasteiger partial charge < -0.3 is 19.6 Å². The van der Waals surface area contributed by atoms with Gasteiger partial charge in [-0.2, -0.15) is 0 Å². The Kier molecular flexibility index (Phi) is 8.22. The second-order valence-electron chi connectivity index (χ2n) is 8.27. The van der Waals surface area contributed by atoms with Gasteiger partial charge >= 0.3 is 11.9 Å². The Labute approximate surface area is 231 Å². The zero-order valence-electron chi connectivity index (χ0n) is 20.6. The fourth-order valence-corrected chi connectivity index (χ4v) is 4.74. The standard InChI is InChI=1S/C27H21ClN2O8S/c1-3-37-26(35)19-11-16(5-8-20(19)28)29-23(31)13-30-24(32)22(39-27(30)36)12-17-6-9-21(38-17)18-7-4-15(25(33)34)10-14(18)2/h4-12H,3,13H2,1-2H3,(H,29,31)(H,33,34)/b22-12-. The van der Waals surface area contributed by atoms with E-state index in [0.717, 1.165) is 4.90 Å². The summed E-state index contributed by atoms with van der Waals surface area (Å²) in [5.41, 5.74) is 1.83. The predicted octanol–water partition coefficient (Wildman–Crippen LogP) is 5.46. The number of carboxylic acid groups (broad SMARTS) is 1. The number of benzene rings is 2. The maximum absolute atomic E-state index is 12.9. The van der Waals surface area contributed by atoms with Crippen LogP contribution in [0.2, 0.25) is 5.02 Å². The third kappa shape index (κ3) is 6.21. The van der Waals surface area contributed by atoms with Crippen molar-refractivity contribution >= 4 is 64.1 Å². The van der Waals surface area contributed by atoms with Crippen LogP contribution in [0.4, 0.5) is 10.5 Å². The van der Waals surface area contributed by atoms with E-state index >= 15 is 0 Å². The molecule has 10 nitrogen and oxygen atoms in total. The van der Waals surface area contributed by atoms with Crippen molar-refractivity contribution in [1.29, 1.82) is 0 Å². The minimum absolute atomic E-state index is 0.0660. The van der Waals surface area contributed by atoms with Gasteiger partial charge in [0, 0.05) is 17.3 Å². The first-order valence-electron chi connectivity index (χ1n) is 11.5. The lowest BCUT2D eigenvalue weighted by Gasteiger charge is -2.13. The van der Waals surface area contributed by atoms with Crippen LogP contribution in [0, 0.1) is 6.92 Å². The summed E-state index contributed by atoms with van der Waals surface area (Å²) >= 11 is 6.70. The van der Waals surface area contributed by atoms with Crippen molar-refractivity contribution in [2.24, 2.45) is 0 Å². The Morgan fingerprint density at radius 1 is 1.13 bits per heavy atom. The number of nitrogens with zero attached hydrogens (tertiary/aromatic N) is 1. The average molecular weight is 569 g/mol. The van der Waals surface area contributed by atoms with Crippen molar-refractivity contribution in [2.75, 3.05) is 18.5 Å². The lowest BCUT2D eigenvalue weighted by atomic mass is 10.0. The predicted molar refractivity (Wildman–Crippen MR) is 145 cm³/mol. The minimum Gasteiger partial charge on any atom is -0.478 e. The smallest absolute Gasteiger partial charge is 0.339 e. The molecule has 2 N–H and O–H groups in total. The van der Waals surface area contributed by atoms with Gasteiger partial charge in [0.05, 0.1) is 27.7 Å². The summed E-state index contributed by atoms with van der Waals surface area (Å²) in [6.45, 7) is 3.01. The van der Waals surface area contributed by atoms with Crippen LogP contribution >= 0.6 is 23.4 Å². The monoisotopic (exact) mass is 568 g/mol. The number of imide groups is 1. The zero-order chi connectivity index (χ0) is 28.3. The summed E-state index contributed by atoms with van der Waals surface area (Å²) in [5.74, 6) is -2.25. The van der Waals surface area contributed by atoms with Gasteiger partial charge in [-0.05, 0) is 73.6 Å². The number of carbonyl (C=O) groups excluding carboxylic acids is 4. The van der Waals surface area contributed by atoms with Crippen LogP contribution in [0.1, 0.15) is 39.0 Å². The summed E-state index contributed by atoms with van der Waals surface area (Å²) in [6, 6.07) is 12.1. The molecular weight excluding hydrogens is 548 g/mol. The quantitative estimate of drug-likeness (QED) is 0.267. The van der Waals surface area contributed by atoms with E-state index in [-0.39, 0.29) is 33.3 Å². The number of halogens is 1. The van der Waals surface area contributed by atoms with Crippen LogP contribution in [0.15, 0.2) is 57.9 Å². The largest absolute Gasteiger partial charge is 0.478 e. The molecule has 4 rings (SSSR count). The second kappa shape index (κ2) is 11.6. The number of carbonyl (C=O) groups is 5. The second-order valence-corrected chi connectivity index (χ2v) is 9.67. The van der Waals surface area contributed by atoms with E-state index in [0.29, 0.717) is 34.4 Å². The summed E-state index contributed by atoms with van der Waals surface area (Å²) < 4.78 is 10.7. The maximum Gasteiger partial charge on any atom is 0.339 e. The van der Waals surface area contributed by atoms with Gasteiger partial charge in [-0.3, -0.25) is 19.3 Å². The summed E-state index contributed by atoms with van der Waals surface area (Å²) in [7, 11) is 0. The number of nitrogens with one attached hydrogen (secondary N) is 1.